The van der Waals surface area contributed by atoms with Gasteiger partial charge in [-0.05, 0) is 31.5 Å². The largest absolute Gasteiger partial charge is 0.444 e. The first-order valence-electron chi connectivity index (χ1n) is 12.3. The summed E-state index contributed by atoms with van der Waals surface area (Å²) in [4.78, 5) is 22.4. The number of nitrogens with one attached hydrogen (secondary N) is 2. The lowest BCUT2D eigenvalue weighted by Crippen LogP contribution is -2.56. The van der Waals surface area contributed by atoms with Crippen molar-refractivity contribution in [3.63, 3.8) is 0 Å². The van der Waals surface area contributed by atoms with Gasteiger partial charge in [0.15, 0.2) is 5.13 Å². The molecule has 0 radical (unpaired) electrons. The summed E-state index contributed by atoms with van der Waals surface area (Å²) in [5.74, 6) is 1.45. The number of rotatable bonds is 10. The average Bonchev–Trinajstić information content (AvgIpc) is 3.53. The number of aryl methyl sites for hydroxylation is 1. The van der Waals surface area contributed by atoms with Gasteiger partial charge in [-0.2, -0.15) is 4.72 Å². The van der Waals surface area contributed by atoms with E-state index in [0.29, 0.717) is 16.8 Å². The van der Waals surface area contributed by atoms with E-state index in [-0.39, 0.29) is 16.7 Å². The molecule has 2 N–H and O–H groups in total. The van der Waals surface area contributed by atoms with Crippen LogP contribution in [0.15, 0.2) is 80.5 Å². The molecule has 0 aliphatic rings. The smallest absolute Gasteiger partial charge is 0.247 e. The monoisotopic (exact) mass is 584 g/mol. The molecule has 0 aliphatic carbocycles. The first-order valence-corrected chi connectivity index (χ1v) is 15.6. The van der Waals surface area contributed by atoms with Crippen LogP contribution in [0.25, 0.3) is 0 Å². The van der Waals surface area contributed by atoms with E-state index < -0.39 is 21.5 Å². The summed E-state index contributed by atoms with van der Waals surface area (Å²) in [6.07, 6.45) is 3.57. The third-order valence-corrected chi connectivity index (χ3v) is 9.63. The molecular weight excluding hydrogens is 553 g/mol. The minimum absolute atomic E-state index is 0.0919. The standard InChI is InChI=1S/C28H32N4O4S3/c1-19-11-13-21(14-12-19)39(34,35)32-28(5,15-20-9-7-6-8-10-20)25(33)31-26-30-17-24(38-26)37-18-23-29-16-22(36-23)27(2,3)4/h6-14,16-17,32H,15,18H2,1-5H3,(H,30,31,33)/t28-/m0/s1. The number of oxazole rings is 1. The molecule has 1 amide bonds. The van der Waals surface area contributed by atoms with E-state index >= 15 is 0 Å². The Labute approximate surface area is 237 Å². The molecule has 1 atom stereocenters. The number of anilines is 1. The summed E-state index contributed by atoms with van der Waals surface area (Å²) in [5, 5.41) is 3.19. The van der Waals surface area contributed by atoms with Crippen LogP contribution in [-0.4, -0.2) is 29.8 Å². The van der Waals surface area contributed by atoms with Crippen LogP contribution in [0, 0.1) is 6.92 Å². The van der Waals surface area contributed by atoms with Crippen LogP contribution < -0.4 is 10.0 Å². The fraction of sp³-hybridized carbons (Fsp3) is 0.321. The van der Waals surface area contributed by atoms with Gasteiger partial charge in [0.05, 0.1) is 27.3 Å². The van der Waals surface area contributed by atoms with E-state index in [1.165, 1.54) is 35.2 Å². The Hall–Kier alpha value is -2.99. The normalized spacial score (nSPS) is 13.7. The zero-order valence-corrected chi connectivity index (χ0v) is 25.0. The molecule has 0 saturated carbocycles. The van der Waals surface area contributed by atoms with Crippen molar-refractivity contribution in [1.82, 2.24) is 14.7 Å². The molecule has 0 saturated heterocycles. The number of amides is 1. The van der Waals surface area contributed by atoms with E-state index in [2.05, 4.69) is 40.8 Å². The summed E-state index contributed by atoms with van der Waals surface area (Å²) in [6.45, 7) is 9.66. The van der Waals surface area contributed by atoms with Crippen molar-refractivity contribution in [2.75, 3.05) is 5.32 Å². The maximum Gasteiger partial charge on any atom is 0.247 e. The first-order chi connectivity index (χ1) is 18.3. The van der Waals surface area contributed by atoms with Gasteiger partial charge in [0.2, 0.25) is 21.8 Å². The van der Waals surface area contributed by atoms with Crippen molar-refractivity contribution in [2.45, 2.75) is 66.9 Å². The van der Waals surface area contributed by atoms with E-state index in [1.807, 2.05) is 37.3 Å². The molecule has 2 heterocycles. The van der Waals surface area contributed by atoms with Crippen LogP contribution in [0.3, 0.4) is 0 Å². The number of nitrogens with zero attached hydrogens (tertiary/aromatic N) is 2. The summed E-state index contributed by atoms with van der Waals surface area (Å²) in [6, 6.07) is 15.8. The van der Waals surface area contributed by atoms with Crippen molar-refractivity contribution >= 4 is 44.2 Å². The number of thioether (sulfide) groups is 1. The van der Waals surface area contributed by atoms with Gasteiger partial charge in [0.25, 0.3) is 0 Å². The summed E-state index contributed by atoms with van der Waals surface area (Å²) >= 11 is 2.81. The second-order valence-corrected chi connectivity index (χ2v) is 14.5. The molecule has 2 aromatic heterocycles. The highest BCUT2D eigenvalue weighted by molar-refractivity contribution is 8.00. The van der Waals surface area contributed by atoms with Gasteiger partial charge in [0.1, 0.15) is 11.3 Å². The van der Waals surface area contributed by atoms with Crippen molar-refractivity contribution in [3.05, 3.63) is 89.8 Å². The Bertz CT molecular complexity index is 1520. The molecule has 0 spiro atoms. The fourth-order valence-electron chi connectivity index (χ4n) is 3.72. The van der Waals surface area contributed by atoms with Crippen LogP contribution in [0.4, 0.5) is 5.13 Å². The fourth-order valence-corrected chi connectivity index (χ4v) is 6.81. The summed E-state index contributed by atoms with van der Waals surface area (Å²) in [7, 11) is -3.98. The number of carbonyl (C=O) groups is 1. The third kappa shape index (κ3) is 7.57. The zero-order valence-electron chi connectivity index (χ0n) is 22.5. The van der Waals surface area contributed by atoms with E-state index in [9.17, 15) is 13.2 Å². The van der Waals surface area contributed by atoms with Gasteiger partial charge >= 0.3 is 0 Å². The molecular formula is C28H32N4O4S3. The average molecular weight is 585 g/mol. The van der Waals surface area contributed by atoms with Gasteiger partial charge in [0, 0.05) is 11.8 Å². The van der Waals surface area contributed by atoms with Crippen molar-refractivity contribution in [2.24, 2.45) is 0 Å². The zero-order chi connectivity index (χ0) is 28.3. The Morgan fingerprint density at radius 3 is 2.33 bits per heavy atom. The van der Waals surface area contributed by atoms with Crippen LogP contribution in [0.2, 0.25) is 0 Å². The predicted octanol–water partition coefficient (Wildman–Crippen LogP) is 5.95. The highest BCUT2D eigenvalue weighted by Gasteiger charge is 2.38. The Kier molecular flexibility index (Phi) is 8.65. The summed E-state index contributed by atoms with van der Waals surface area (Å²) < 4.78 is 35.9. The predicted molar refractivity (Wildman–Crippen MR) is 156 cm³/mol. The van der Waals surface area contributed by atoms with E-state index in [1.54, 1.807) is 31.5 Å². The van der Waals surface area contributed by atoms with Gasteiger partial charge in [-0.3, -0.25) is 4.79 Å². The number of sulfonamides is 1. The number of benzene rings is 2. The van der Waals surface area contributed by atoms with Crippen LogP contribution in [0.5, 0.6) is 0 Å². The molecule has 4 aromatic rings. The summed E-state index contributed by atoms with van der Waals surface area (Å²) in [5.41, 5.74) is 0.155. The number of aromatic nitrogens is 2. The highest BCUT2D eigenvalue weighted by Crippen LogP contribution is 2.32. The van der Waals surface area contributed by atoms with Gasteiger partial charge in [-0.1, -0.05) is 80.1 Å². The third-order valence-electron chi connectivity index (χ3n) is 5.93. The maximum atomic E-state index is 13.6. The second kappa shape index (κ2) is 11.6. The number of thiazole rings is 1. The van der Waals surface area contributed by atoms with E-state index in [0.717, 1.165) is 21.1 Å². The Morgan fingerprint density at radius 1 is 1.00 bits per heavy atom. The van der Waals surface area contributed by atoms with Crippen LogP contribution >= 0.6 is 23.1 Å². The van der Waals surface area contributed by atoms with Crippen molar-refractivity contribution in [3.8, 4) is 0 Å². The quantitative estimate of drug-likeness (QED) is 0.222. The SMILES string of the molecule is Cc1ccc(S(=O)(=O)N[C@@](C)(Cc2ccccc2)C(=O)Nc2ncc(SCc3ncc(C(C)(C)C)o3)s2)cc1. The molecule has 0 aliphatic heterocycles. The molecule has 0 unspecified atom stereocenters. The van der Waals surface area contributed by atoms with Gasteiger partial charge in [-0.15, -0.1) is 11.8 Å². The molecule has 0 fully saturated rings. The Balaban J connectivity index is 1.49. The molecule has 8 nitrogen and oxygen atoms in total. The topological polar surface area (TPSA) is 114 Å². The Morgan fingerprint density at radius 2 is 1.69 bits per heavy atom. The second-order valence-electron chi connectivity index (χ2n) is 10.5. The highest BCUT2D eigenvalue weighted by atomic mass is 32.2. The molecule has 0 bridgehead atoms. The number of hydrogen-bond acceptors (Lipinski definition) is 8. The number of carbonyl (C=O) groups excluding carboxylic acids is 1. The van der Waals surface area contributed by atoms with E-state index in [4.69, 9.17) is 4.42 Å². The molecule has 4 rings (SSSR count). The van der Waals surface area contributed by atoms with Crippen LogP contribution in [-0.2, 0) is 32.4 Å². The lowest BCUT2D eigenvalue weighted by atomic mass is 9.93. The van der Waals surface area contributed by atoms with Crippen molar-refractivity contribution in [1.29, 1.82) is 0 Å². The van der Waals surface area contributed by atoms with Gasteiger partial charge < -0.3 is 9.73 Å². The lowest BCUT2D eigenvalue weighted by molar-refractivity contribution is -0.121. The minimum Gasteiger partial charge on any atom is -0.444 e. The first kappa shape index (κ1) is 29.0. The number of hydrogen-bond donors (Lipinski definition) is 2. The lowest BCUT2D eigenvalue weighted by Gasteiger charge is -2.29. The van der Waals surface area contributed by atoms with Crippen molar-refractivity contribution < 1.29 is 17.6 Å². The molecule has 206 valence electrons. The molecule has 2 aromatic carbocycles. The minimum atomic E-state index is -3.98. The molecule has 39 heavy (non-hydrogen) atoms. The van der Waals surface area contributed by atoms with Crippen LogP contribution in [0.1, 0.15) is 50.5 Å². The maximum absolute atomic E-state index is 13.6. The molecule has 11 heteroatoms. The van der Waals surface area contributed by atoms with Gasteiger partial charge in [-0.25, -0.2) is 18.4 Å².